The Bertz CT molecular complexity index is 551. The zero-order valence-electron chi connectivity index (χ0n) is 10.1. The monoisotopic (exact) mass is 257 g/mol. The number of hydrogen-bond acceptors (Lipinski definition) is 3. The molecular formula is C15H15NOS. The highest BCUT2D eigenvalue weighted by Crippen LogP contribution is 2.45. The topological polar surface area (TPSA) is 22.1 Å². The van der Waals surface area contributed by atoms with E-state index in [9.17, 15) is 0 Å². The third kappa shape index (κ3) is 1.70. The van der Waals surface area contributed by atoms with Gasteiger partial charge in [-0.25, -0.2) is 4.98 Å². The summed E-state index contributed by atoms with van der Waals surface area (Å²) in [6, 6.07) is 10.4. The minimum Gasteiger partial charge on any atom is -0.374 e. The summed E-state index contributed by atoms with van der Waals surface area (Å²) < 4.78 is 5.92. The molecule has 0 saturated carbocycles. The summed E-state index contributed by atoms with van der Waals surface area (Å²) in [5, 5.41) is 3.44. The van der Waals surface area contributed by atoms with E-state index in [-0.39, 0.29) is 0 Å². The highest BCUT2D eigenvalue weighted by Gasteiger charge is 2.42. The number of hydrogen-bond donors (Lipinski definition) is 0. The number of benzene rings is 1. The van der Waals surface area contributed by atoms with E-state index in [1.807, 2.05) is 6.07 Å². The van der Waals surface area contributed by atoms with Crippen molar-refractivity contribution in [2.45, 2.75) is 37.4 Å². The predicted octanol–water partition coefficient (Wildman–Crippen LogP) is 3.85. The molecule has 2 bridgehead atoms. The van der Waals surface area contributed by atoms with Crippen molar-refractivity contribution in [2.75, 3.05) is 0 Å². The van der Waals surface area contributed by atoms with Gasteiger partial charge in [-0.1, -0.05) is 30.3 Å². The van der Waals surface area contributed by atoms with Crippen molar-refractivity contribution in [3.05, 3.63) is 40.7 Å². The van der Waals surface area contributed by atoms with Crippen molar-refractivity contribution >= 4 is 11.3 Å². The molecule has 3 heteroatoms. The molecule has 3 unspecified atom stereocenters. The molecule has 4 rings (SSSR count). The highest BCUT2D eigenvalue weighted by atomic mass is 32.1. The number of aromatic nitrogens is 1. The molecule has 0 N–H and O–H groups in total. The first-order valence-electron chi connectivity index (χ1n) is 6.56. The lowest BCUT2D eigenvalue weighted by atomic mass is 9.90. The van der Waals surface area contributed by atoms with Gasteiger partial charge in [0.05, 0.1) is 22.9 Å². The summed E-state index contributed by atoms with van der Waals surface area (Å²) >= 11 is 1.79. The normalized spacial score (nSPS) is 29.9. The van der Waals surface area contributed by atoms with Gasteiger partial charge in [-0.15, -0.1) is 11.3 Å². The smallest absolute Gasteiger partial charge is 0.0990 e. The largest absolute Gasteiger partial charge is 0.374 e. The summed E-state index contributed by atoms with van der Waals surface area (Å²) in [7, 11) is 0. The second-order valence-corrected chi connectivity index (χ2v) is 6.04. The van der Waals surface area contributed by atoms with Crippen molar-refractivity contribution < 1.29 is 4.74 Å². The fraction of sp³-hybridized carbons (Fsp3) is 0.400. The van der Waals surface area contributed by atoms with Gasteiger partial charge in [-0.2, -0.15) is 0 Å². The van der Waals surface area contributed by atoms with Crippen molar-refractivity contribution in [1.82, 2.24) is 4.98 Å². The minimum absolute atomic E-state index is 0.435. The van der Waals surface area contributed by atoms with Gasteiger partial charge in [-0.05, 0) is 19.3 Å². The summed E-state index contributed by atoms with van der Waals surface area (Å²) in [5.41, 5.74) is 2.32. The van der Waals surface area contributed by atoms with E-state index in [0.717, 1.165) is 5.69 Å². The summed E-state index contributed by atoms with van der Waals surface area (Å²) in [5.74, 6) is 0.547. The molecule has 2 aliphatic heterocycles. The molecule has 92 valence electrons. The first-order chi connectivity index (χ1) is 8.90. The van der Waals surface area contributed by atoms with Gasteiger partial charge in [-0.3, -0.25) is 0 Å². The van der Waals surface area contributed by atoms with E-state index < -0.39 is 0 Å². The molecule has 2 fully saturated rings. The second-order valence-electron chi connectivity index (χ2n) is 5.15. The first-order valence-corrected chi connectivity index (χ1v) is 7.44. The van der Waals surface area contributed by atoms with Gasteiger partial charge in [0, 0.05) is 16.9 Å². The lowest BCUT2D eigenvalue weighted by Gasteiger charge is -2.15. The number of rotatable bonds is 2. The SMILES string of the molecule is c1ccc(-c2csc(C3CC4CCC3O4)n2)cc1. The Morgan fingerprint density at radius 1 is 1.17 bits per heavy atom. The van der Waals surface area contributed by atoms with Gasteiger partial charge >= 0.3 is 0 Å². The maximum atomic E-state index is 5.92. The van der Waals surface area contributed by atoms with Gasteiger partial charge in [0.15, 0.2) is 0 Å². The van der Waals surface area contributed by atoms with Gasteiger partial charge < -0.3 is 4.74 Å². The highest BCUT2D eigenvalue weighted by molar-refractivity contribution is 7.10. The Kier molecular flexibility index (Phi) is 2.49. The summed E-state index contributed by atoms with van der Waals surface area (Å²) in [6.45, 7) is 0. The fourth-order valence-corrected chi connectivity index (χ4v) is 4.09. The molecule has 0 amide bonds. The van der Waals surface area contributed by atoms with E-state index in [1.54, 1.807) is 11.3 Å². The molecule has 0 spiro atoms. The van der Waals surface area contributed by atoms with Crippen molar-refractivity contribution in [3.8, 4) is 11.3 Å². The lowest BCUT2D eigenvalue weighted by molar-refractivity contribution is 0.101. The van der Waals surface area contributed by atoms with Crippen LogP contribution >= 0.6 is 11.3 Å². The van der Waals surface area contributed by atoms with Crippen molar-refractivity contribution in [3.63, 3.8) is 0 Å². The van der Waals surface area contributed by atoms with Crippen LogP contribution in [-0.4, -0.2) is 17.2 Å². The molecule has 0 aliphatic carbocycles. The Balaban J connectivity index is 1.63. The van der Waals surface area contributed by atoms with Crippen molar-refractivity contribution in [2.24, 2.45) is 0 Å². The zero-order chi connectivity index (χ0) is 11.9. The van der Waals surface area contributed by atoms with Crippen LogP contribution < -0.4 is 0 Å². The molecule has 2 aromatic rings. The quantitative estimate of drug-likeness (QED) is 0.815. The third-order valence-corrected chi connectivity index (χ3v) is 4.99. The van der Waals surface area contributed by atoms with E-state index in [0.29, 0.717) is 18.1 Å². The molecule has 2 aliphatic rings. The molecule has 2 nitrogen and oxygen atoms in total. The number of thiazole rings is 1. The molecule has 18 heavy (non-hydrogen) atoms. The molecule has 1 aromatic heterocycles. The third-order valence-electron chi connectivity index (χ3n) is 4.01. The van der Waals surface area contributed by atoms with Crippen LogP contribution in [0.15, 0.2) is 35.7 Å². The van der Waals surface area contributed by atoms with E-state index >= 15 is 0 Å². The average molecular weight is 257 g/mol. The van der Waals surface area contributed by atoms with Crippen LogP contribution in [-0.2, 0) is 4.74 Å². The Labute approximate surface area is 111 Å². The van der Waals surface area contributed by atoms with Crippen LogP contribution in [0.4, 0.5) is 0 Å². The van der Waals surface area contributed by atoms with E-state index in [1.165, 1.54) is 29.8 Å². The second kappa shape index (κ2) is 4.18. The maximum absolute atomic E-state index is 5.92. The van der Waals surface area contributed by atoms with Crippen LogP contribution in [0.5, 0.6) is 0 Å². The standard InChI is InChI=1S/C15H15NOS/c1-2-4-10(5-3-1)13-9-18-15(16-13)12-8-11-6-7-14(12)17-11/h1-5,9,11-12,14H,6-8H2. The van der Waals surface area contributed by atoms with Crippen LogP contribution in [0.1, 0.15) is 30.2 Å². The maximum Gasteiger partial charge on any atom is 0.0990 e. The fourth-order valence-electron chi connectivity index (χ4n) is 3.10. The van der Waals surface area contributed by atoms with Crippen LogP contribution in [0, 0.1) is 0 Å². The number of ether oxygens (including phenoxy) is 1. The van der Waals surface area contributed by atoms with Crippen molar-refractivity contribution in [1.29, 1.82) is 0 Å². The zero-order valence-corrected chi connectivity index (χ0v) is 10.9. The minimum atomic E-state index is 0.435. The van der Waals surface area contributed by atoms with Gasteiger partial charge in [0.25, 0.3) is 0 Å². The lowest BCUT2D eigenvalue weighted by Crippen LogP contribution is -2.13. The van der Waals surface area contributed by atoms with E-state index in [4.69, 9.17) is 9.72 Å². The molecule has 0 radical (unpaired) electrons. The van der Waals surface area contributed by atoms with E-state index in [2.05, 4.69) is 29.6 Å². The predicted molar refractivity (Wildman–Crippen MR) is 72.8 cm³/mol. The molecule has 3 heterocycles. The average Bonchev–Trinajstić information content (AvgIpc) is 3.15. The first kappa shape index (κ1) is 10.7. The molecule has 2 saturated heterocycles. The molecule has 1 aromatic carbocycles. The van der Waals surface area contributed by atoms with Crippen LogP contribution in [0.2, 0.25) is 0 Å². The summed E-state index contributed by atoms with van der Waals surface area (Å²) in [4.78, 5) is 4.82. The molecular weight excluding hydrogens is 242 g/mol. The Morgan fingerprint density at radius 3 is 2.78 bits per heavy atom. The Hall–Kier alpha value is -1.19. The van der Waals surface area contributed by atoms with Crippen LogP contribution in [0.3, 0.4) is 0 Å². The summed E-state index contributed by atoms with van der Waals surface area (Å²) in [6.07, 6.45) is 4.58. The van der Waals surface area contributed by atoms with Crippen LogP contribution in [0.25, 0.3) is 11.3 Å². The number of nitrogens with zero attached hydrogens (tertiary/aromatic N) is 1. The molecule has 3 atom stereocenters. The van der Waals surface area contributed by atoms with Gasteiger partial charge in [0.1, 0.15) is 0 Å². The Morgan fingerprint density at radius 2 is 2.06 bits per heavy atom. The number of fused-ring (bicyclic) bond motifs is 2. The van der Waals surface area contributed by atoms with Gasteiger partial charge in [0.2, 0.25) is 0 Å².